The van der Waals surface area contributed by atoms with Gasteiger partial charge in [-0.3, -0.25) is 9.59 Å². The van der Waals surface area contributed by atoms with Crippen molar-refractivity contribution in [2.24, 2.45) is 5.92 Å². The molecule has 1 atom stereocenters. The molecule has 0 N–H and O–H groups in total. The molecular weight excluding hydrogens is 246 g/mol. The SMILES string of the molecule is CCOC(=O)C(=O)C(C)C(=O)c1cccc(C#N)c1. The van der Waals surface area contributed by atoms with E-state index in [1.165, 1.54) is 19.1 Å². The number of hydrogen-bond acceptors (Lipinski definition) is 5. The first-order chi connectivity index (χ1) is 9.01. The molecule has 0 saturated carbocycles. The average Bonchev–Trinajstić information content (AvgIpc) is 2.45. The molecule has 5 nitrogen and oxygen atoms in total. The number of carbonyl (C=O) groups excluding carboxylic acids is 3. The highest BCUT2D eigenvalue weighted by molar-refractivity contribution is 6.39. The third-order valence-corrected chi connectivity index (χ3v) is 2.54. The molecule has 0 heterocycles. The number of esters is 1. The minimum atomic E-state index is -1.12. The number of rotatable bonds is 5. The molecule has 1 unspecified atom stereocenters. The Morgan fingerprint density at radius 3 is 2.63 bits per heavy atom. The summed E-state index contributed by atoms with van der Waals surface area (Å²) in [6.07, 6.45) is 0. The van der Waals surface area contributed by atoms with Gasteiger partial charge in [0, 0.05) is 5.56 Å². The number of nitriles is 1. The number of hydrogen-bond donors (Lipinski definition) is 0. The zero-order valence-electron chi connectivity index (χ0n) is 10.7. The topological polar surface area (TPSA) is 84.2 Å². The summed E-state index contributed by atoms with van der Waals surface area (Å²) in [4.78, 5) is 34.9. The van der Waals surface area contributed by atoms with Crippen molar-refractivity contribution in [3.8, 4) is 6.07 Å². The van der Waals surface area contributed by atoms with Gasteiger partial charge in [0.25, 0.3) is 5.78 Å². The predicted molar refractivity (Wildman–Crippen MR) is 66.3 cm³/mol. The highest BCUT2D eigenvalue weighted by Crippen LogP contribution is 2.12. The first-order valence-corrected chi connectivity index (χ1v) is 5.76. The van der Waals surface area contributed by atoms with Crippen LogP contribution in [0, 0.1) is 17.2 Å². The predicted octanol–water partition coefficient (Wildman–Crippen LogP) is 1.51. The maximum atomic E-state index is 12.0. The molecule has 1 rings (SSSR count). The summed E-state index contributed by atoms with van der Waals surface area (Å²) in [5, 5.41) is 8.75. The van der Waals surface area contributed by atoms with E-state index in [0.717, 1.165) is 0 Å². The summed E-state index contributed by atoms with van der Waals surface area (Å²) in [7, 11) is 0. The molecule has 0 amide bonds. The maximum absolute atomic E-state index is 12.0. The van der Waals surface area contributed by atoms with Crippen molar-refractivity contribution in [2.75, 3.05) is 6.61 Å². The minimum Gasteiger partial charge on any atom is -0.460 e. The number of ether oxygens (including phenoxy) is 1. The normalized spacial score (nSPS) is 11.2. The Bertz CT molecular complexity index is 557. The second-order valence-electron chi connectivity index (χ2n) is 3.86. The fourth-order valence-electron chi connectivity index (χ4n) is 1.49. The second-order valence-corrected chi connectivity index (χ2v) is 3.86. The van der Waals surface area contributed by atoms with Crippen molar-refractivity contribution in [2.45, 2.75) is 13.8 Å². The smallest absolute Gasteiger partial charge is 0.375 e. The van der Waals surface area contributed by atoms with Crippen LogP contribution in [0.5, 0.6) is 0 Å². The maximum Gasteiger partial charge on any atom is 0.375 e. The monoisotopic (exact) mass is 259 g/mol. The van der Waals surface area contributed by atoms with E-state index in [2.05, 4.69) is 4.74 Å². The van der Waals surface area contributed by atoms with Crippen LogP contribution in [0.4, 0.5) is 0 Å². The van der Waals surface area contributed by atoms with Crippen molar-refractivity contribution >= 4 is 17.5 Å². The fourth-order valence-corrected chi connectivity index (χ4v) is 1.49. The van der Waals surface area contributed by atoms with Gasteiger partial charge in [-0.15, -0.1) is 0 Å². The fraction of sp³-hybridized carbons (Fsp3) is 0.286. The van der Waals surface area contributed by atoms with E-state index in [4.69, 9.17) is 5.26 Å². The molecule has 5 heteroatoms. The van der Waals surface area contributed by atoms with Gasteiger partial charge in [0.15, 0.2) is 5.78 Å². The lowest BCUT2D eigenvalue weighted by Gasteiger charge is -2.08. The van der Waals surface area contributed by atoms with Crippen LogP contribution >= 0.6 is 0 Å². The quantitative estimate of drug-likeness (QED) is 0.346. The van der Waals surface area contributed by atoms with Gasteiger partial charge in [-0.25, -0.2) is 4.79 Å². The van der Waals surface area contributed by atoms with Gasteiger partial charge in [0.2, 0.25) is 0 Å². The van der Waals surface area contributed by atoms with Gasteiger partial charge < -0.3 is 4.74 Å². The standard InChI is InChI=1S/C14H13NO4/c1-3-19-14(18)13(17)9(2)12(16)11-6-4-5-10(7-11)8-15/h4-7,9H,3H2,1-2H3. The zero-order valence-corrected chi connectivity index (χ0v) is 10.7. The molecule has 0 fully saturated rings. The molecule has 0 bridgehead atoms. The third kappa shape index (κ3) is 3.49. The summed E-state index contributed by atoms with van der Waals surface area (Å²) in [6, 6.07) is 7.89. The van der Waals surface area contributed by atoms with Crippen molar-refractivity contribution in [1.29, 1.82) is 5.26 Å². The number of nitrogens with zero attached hydrogens (tertiary/aromatic N) is 1. The summed E-state index contributed by atoms with van der Waals surface area (Å²) in [5.74, 6) is -3.52. The van der Waals surface area contributed by atoms with Crippen LogP contribution in [0.1, 0.15) is 29.8 Å². The Kier molecular flexibility index (Phi) is 4.95. The molecule has 0 radical (unpaired) electrons. The number of carbonyl (C=O) groups is 3. The van der Waals surface area contributed by atoms with Crippen LogP contribution in [0.15, 0.2) is 24.3 Å². The first-order valence-electron chi connectivity index (χ1n) is 5.76. The Balaban J connectivity index is 2.90. The van der Waals surface area contributed by atoms with Crippen LogP contribution in [0.25, 0.3) is 0 Å². The van der Waals surface area contributed by atoms with Crippen LogP contribution in [-0.2, 0) is 14.3 Å². The lowest BCUT2D eigenvalue weighted by molar-refractivity contribution is -0.154. The highest BCUT2D eigenvalue weighted by atomic mass is 16.5. The molecule has 0 aliphatic heterocycles. The molecule has 1 aromatic carbocycles. The van der Waals surface area contributed by atoms with Gasteiger partial charge in [-0.1, -0.05) is 12.1 Å². The Morgan fingerprint density at radius 1 is 1.37 bits per heavy atom. The van der Waals surface area contributed by atoms with E-state index >= 15 is 0 Å². The average molecular weight is 259 g/mol. The van der Waals surface area contributed by atoms with E-state index in [1.54, 1.807) is 19.1 Å². The molecular formula is C14H13NO4. The highest BCUT2D eigenvalue weighted by Gasteiger charge is 2.29. The van der Waals surface area contributed by atoms with Crippen LogP contribution in [-0.4, -0.2) is 24.1 Å². The van der Waals surface area contributed by atoms with E-state index in [0.29, 0.717) is 5.56 Å². The van der Waals surface area contributed by atoms with E-state index in [1.807, 2.05) is 6.07 Å². The van der Waals surface area contributed by atoms with Crippen LogP contribution < -0.4 is 0 Å². The molecule has 0 aliphatic rings. The van der Waals surface area contributed by atoms with Gasteiger partial charge in [-0.05, 0) is 26.0 Å². The van der Waals surface area contributed by atoms with Crippen LogP contribution in [0.2, 0.25) is 0 Å². The van der Waals surface area contributed by atoms with Crippen molar-refractivity contribution in [3.05, 3.63) is 35.4 Å². The van der Waals surface area contributed by atoms with Gasteiger partial charge in [0.05, 0.1) is 24.2 Å². The molecule has 19 heavy (non-hydrogen) atoms. The lowest BCUT2D eigenvalue weighted by atomic mass is 9.94. The molecule has 0 aromatic heterocycles. The minimum absolute atomic E-state index is 0.0788. The van der Waals surface area contributed by atoms with Crippen molar-refractivity contribution < 1.29 is 19.1 Å². The Morgan fingerprint density at radius 2 is 2.05 bits per heavy atom. The van der Waals surface area contributed by atoms with E-state index in [-0.39, 0.29) is 12.2 Å². The molecule has 0 aliphatic carbocycles. The van der Waals surface area contributed by atoms with Gasteiger partial charge in [0.1, 0.15) is 0 Å². The molecule has 98 valence electrons. The largest absolute Gasteiger partial charge is 0.460 e. The summed E-state index contributed by atoms with van der Waals surface area (Å²) < 4.78 is 4.56. The second kappa shape index (κ2) is 6.45. The number of benzene rings is 1. The van der Waals surface area contributed by atoms with Gasteiger partial charge in [-0.2, -0.15) is 5.26 Å². The zero-order chi connectivity index (χ0) is 14.4. The van der Waals surface area contributed by atoms with Crippen molar-refractivity contribution in [3.63, 3.8) is 0 Å². The summed E-state index contributed by atoms with van der Waals surface area (Å²) >= 11 is 0. The summed E-state index contributed by atoms with van der Waals surface area (Å²) in [6.45, 7) is 3.00. The van der Waals surface area contributed by atoms with Crippen molar-refractivity contribution in [1.82, 2.24) is 0 Å². The van der Waals surface area contributed by atoms with E-state index in [9.17, 15) is 14.4 Å². The lowest BCUT2D eigenvalue weighted by Crippen LogP contribution is -2.29. The third-order valence-electron chi connectivity index (χ3n) is 2.54. The molecule has 0 saturated heterocycles. The van der Waals surface area contributed by atoms with Crippen LogP contribution in [0.3, 0.4) is 0 Å². The molecule has 1 aromatic rings. The number of ketones is 2. The van der Waals surface area contributed by atoms with Gasteiger partial charge >= 0.3 is 5.97 Å². The summed E-state index contributed by atoms with van der Waals surface area (Å²) in [5.41, 5.74) is 0.547. The Hall–Kier alpha value is -2.48. The molecule has 0 spiro atoms. The Labute approximate surface area is 110 Å². The van der Waals surface area contributed by atoms with E-state index < -0.39 is 23.5 Å². The number of Topliss-reactive ketones (excluding diaryl/α,β-unsaturated/α-hetero) is 2. The first kappa shape index (κ1) is 14.6.